The molecule has 7 rings (SSSR count). The van der Waals surface area contributed by atoms with Crippen LogP contribution in [-0.4, -0.2) is 31.2 Å². The summed E-state index contributed by atoms with van der Waals surface area (Å²) in [6.45, 7) is 3.93. The van der Waals surface area contributed by atoms with Gasteiger partial charge in [-0.2, -0.15) is 18.2 Å². The minimum Gasteiger partial charge on any atom is -0.477 e. The molecule has 3 saturated carbocycles. The van der Waals surface area contributed by atoms with Crippen LogP contribution < -0.4 is 9.46 Å². The van der Waals surface area contributed by atoms with Crippen molar-refractivity contribution in [2.75, 3.05) is 11.3 Å². The van der Waals surface area contributed by atoms with E-state index in [0.717, 1.165) is 47.9 Å². The third kappa shape index (κ3) is 4.85. The Balaban J connectivity index is 1.35. The molecule has 2 aromatic carbocycles. The number of hydrogen-bond acceptors (Lipinski definition) is 5. The van der Waals surface area contributed by atoms with E-state index in [-0.39, 0.29) is 54.4 Å². The third-order valence-electron chi connectivity index (χ3n) is 10.1. The fourth-order valence-corrected chi connectivity index (χ4v) is 8.52. The largest absolute Gasteiger partial charge is 0.477 e. The number of sulfonamides is 1. The lowest BCUT2D eigenvalue weighted by atomic mass is 9.60. The van der Waals surface area contributed by atoms with Crippen molar-refractivity contribution in [1.82, 2.24) is 9.97 Å². The molecule has 222 valence electrons. The van der Waals surface area contributed by atoms with Crippen molar-refractivity contribution in [2.24, 2.45) is 22.7 Å². The molecule has 3 aromatic rings. The van der Waals surface area contributed by atoms with Gasteiger partial charge in [0, 0.05) is 17.5 Å². The Morgan fingerprint density at radius 3 is 2.31 bits per heavy atom. The summed E-state index contributed by atoms with van der Waals surface area (Å²) >= 11 is 0. The molecule has 2 heterocycles. The van der Waals surface area contributed by atoms with Crippen LogP contribution in [0.3, 0.4) is 0 Å². The third-order valence-corrected chi connectivity index (χ3v) is 11.5. The van der Waals surface area contributed by atoms with Crippen molar-refractivity contribution < 1.29 is 26.3 Å². The van der Waals surface area contributed by atoms with Crippen molar-refractivity contribution in [3.05, 3.63) is 65.2 Å². The van der Waals surface area contributed by atoms with Crippen molar-refractivity contribution in [1.29, 1.82) is 0 Å². The van der Waals surface area contributed by atoms with E-state index in [0.29, 0.717) is 11.1 Å². The van der Waals surface area contributed by atoms with E-state index < -0.39 is 27.5 Å². The summed E-state index contributed by atoms with van der Waals surface area (Å²) in [6, 6.07) is 14.2. The molecule has 10 heteroatoms. The minimum atomic E-state index is -4.30. The Bertz CT molecular complexity index is 1640. The van der Waals surface area contributed by atoms with Gasteiger partial charge < -0.3 is 4.74 Å². The molecular weight excluding hydrogens is 563 g/mol. The lowest BCUT2D eigenvalue weighted by Gasteiger charge is -2.45. The number of benzene rings is 2. The Morgan fingerprint density at radius 2 is 1.67 bits per heavy atom. The smallest absolute Gasteiger partial charge is 0.394 e. The predicted molar refractivity (Wildman–Crippen MR) is 153 cm³/mol. The minimum absolute atomic E-state index is 0.0466. The van der Waals surface area contributed by atoms with Gasteiger partial charge >= 0.3 is 6.18 Å². The number of aromatic nitrogens is 2. The zero-order valence-corrected chi connectivity index (χ0v) is 24.5. The Labute approximate surface area is 244 Å². The predicted octanol–water partition coefficient (Wildman–Crippen LogP) is 7.58. The number of halogens is 3. The van der Waals surface area contributed by atoms with Crippen LogP contribution in [0.2, 0.25) is 0 Å². The first-order valence-electron chi connectivity index (χ1n) is 14.7. The van der Waals surface area contributed by atoms with Crippen molar-refractivity contribution in [3.63, 3.8) is 0 Å². The molecule has 1 spiro atoms. The second-order valence-corrected chi connectivity index (χ2v) is 14.8. The monoisotopic (exact) mass is 597 g/mol. The average molecular weight is 598 g/mol. The van der Waals surface area contributed by atoms with Crippen LogP contribution in [0.1, 0.15) is 67.6 Å². The number of ether oxygens (including phenoxy) is 1. The number of rotatable bonds is 4. The molecule has 4 bridgehead atoms. The first-order chi connectivity index (χ1) is 19.9. The van der Waals surface area contributed by atoms with Gasteiger partial charge in [-0.1, -0.05) is 30.3 Å². The molecule has 0 saturated heterocycles. The first kappa shape index (κ1) is 27.7. The maximum atomic E-state index is 14.3. The molecular formula is C32H34F3N3O3S. The van der Waals surface area contributed by atoms with E-state index in [4.69, 9.17) is 4.74 Å². The van der Waals surface area contributed by atoms with Crippen LogP contribution in [0, 0.1) is 36.5 Å². The van der Waals surface area contributed by atoms with Gasteiger partial charge in [0.25, 0.3) is 10.0 Å². The van der Waals surface area contributed by atoms with Gasteiger partial charge in [-0.05, 0) is 105 Å². The number of fused-ring (bicyclic) bond motifs is 4. The lowest BCUT2D eigenvalue weighted by molar-refractivity contribution is -0.193. The quantitative estimate of drug-likeness (QED) is 0.335. The van der Waals surface area contributed by atoms with E-state index in [9.17, 15) is 21.6 Å². The highest BCUT2D eigenvalue weighted by atomic mass is 32.2. The molecule has 1 unspecified atom stereocenters. The summed E-state index contributed by atoms with van der Waals surface area (Å²) in [4.78, 5) is 8.96. The number of aryl methyl sites for hydroxylation is 2. The summed E-state index contributed by atoms with van der Waals surface area (Å²) in [6.07, 6.45) is 0.0997. The average Bonchev–Trinajstić information content (AvgIpc) is 3.82. The van der Waals surface area contributed by atoms with E-state index in [1.165, 1.54) is 6.07 Å². The maximum absolute atomic E-state index is 14.3. The summed E-state index contributed by atoms with van der Waals surface area (Å²) in [7, 11) is -4.09. The number of anilines is 1. The van der Waals surface area contributed by atoms with Crippen LogP contribution in [0.25, 0.3) is 11.3 Å². The lowest BCUT2D eigenvalue weighted by Crippen LogP contribution is -2.39. The van der Waals surface area contributed by atoms with E-state index in [2.05, 4.69) is 14.7 Å². The summed E-state index contributed by atoms with van der Waals surface area (Å²) in [5.41, 5.74) is 2.56. The SMILES string of the molecule is Cc1cccc(C)c1-c1cc2nc(n1)NS(=O)(=O)c1cccc(c1)C(C1CC3(CC3)C1)[C@H](CC1(C(F)(F)F)CC1)CO2. The molecule has 0 amide bonds. The highest BCUT2D eigenvalue weighted by Gasteiger charge is 2.64. The maximum Gasteiger partial charge on any atom is 0.394 e. The van der Waals surface area contributed by atoms with Crippen LogP contribution in [-0.2, 0) is 10.0 Å². The van der Waals surface area contributed by atoms with Gasteiger partial charge in [-0.25, -0.2) is 18.1 Å². The van der Waals surface area contributed by atoms with Crippen LogP contribution in [0.15, 0.2) is 53.4 Å². The highest BCUT2D eigenvalue weighted by Crippen LogP contribution is 2.68. The second-order valence-electron chi connectivity index (χ2n) is 13.1. The summed E-state index contributed by atoms with van der Waals surface area (Å²) in [5, 5.41) is 0. The zero-order chi connectivity index (χ0) is 29.5. The molecule has 0 radical (unpaired) electrons. The van der Waals surface area contributed by atoms with Gasteiger partial charge in [0.15, 0.2) is 0 Å². The molecule has 1 aliphatic heterocycles. The van der Waals surface area contributed by atoms with Crippen LogP contribution in [0.4, 0.5) is 19.1 Å². The standard InChI is InChI=1S/C32H34F3N3O3S/c1-19-5-3-6-20(2)27(19)25-14-26-37-29(36-25)38-42(39,40)24-8-4-7-21(13-24)28(22-15-30(16-22)9-10-30)23(18-41-26)17-31(11-12-31)32(33,34)35/h3-8,13-14,22-23,28H,9-12,15-18H2,1-2H3,(H,36,37,38)/t23-,28?/m1/s1. The van der Waals surface area contributed by atoms with Crippen LogP contribution >= 0.6 is 0 Å². The Hall–Kier alpha value is -3.14. The van der Waals surface area contributed by atoms with E-state index >= 15 is 0 Å². The van der Waals surface area contributed by atoms with Gasteiger partial charge in [0.2, 0.25) is 11.8 Å². The van der Waals surface area contributed by atoms with Gasteiger partial charge in [0.05, 0.1) is 22.6 Å². The van der Waals surface area contributed by atoms with E-state index in [1.807, 2.05) is 38.1 Å². The highest BCUT2D eigenvalue weighted by molar-refractivity contribution is 7.92. The normalized spacial score (nSPS) is 25.3. The topological polar surface area (TPSA) is 81.2 Å². The van der Waals surface area contributed by atoms with Crippen molar-refractivity contribution in [2.45, 2.75) is 75.8 Å². The number of hydrogen-bond donors (Lipinski definition) is 1. The van der Waals surface area contributed by atoms with Gasteiger partial charge in [-0.3, -0.25) is 0 Å². The molecule has 1 aromatic heterocycles. The molecule has 6 nitrogen and oxygen atoms in total. The number of nitrogens with zero attached hydrogens (tertiary/aromatic N) is 2. The molecule has 42 heavy (non-hydrogen) atoms. The molecule has 1 N–H and O–H groups in total. The molecule has 3 aliphatic carbocycles. The molecule has 3 fully saturated rings. The Kier molecular flexibility index (Phi) is 6.21. The molecule has 2 atom stereocenters. The number of nitrogens with one attached hydrogen (secondary N) is 1. The van der Waals surface area contributed by atoms with Gasteiger partial charge in [0.1, 0.15) is 0 Å². The summed E-state index contributed by atoms with van der Waals surface area (Å²) in [5.74, 6) is -0.567. The zero-order valence-electron chi connectivity index (χ0n) is 23.7. The Morgan fingerprint density at radius 1 is 0.976 bits per heavy atom. The second kappa shape index (κ2) is 9.43. The number of alkyl halides is 3. The fraction of sp³-hybridized carbons (Fsp3) is 0.500. The van der Waals surface area contributed by atoms with Gasteiger partial charge in [-0.15, -0.1) is 0 Å². The first-order valence-corrected chi connectivity index (χ1v) is 16.1. The van der Waals surface area contributed by atoms with Crippen LogP contribution in [0.5, 0.6) is 5.88 Å². The van der Waals surface area contributed by atoms with E-state index in [1.54, 1.807) is 18.2 Å². The fourth-order valence-electron chi connectivity index (χ4n) is 7.52. The van der Waals surface area contributed by atoms with Crippen molar-refractivity contribution in [3.8, 4) is 17.1 Å². The summed E-state index contributed by atoms with van der Waals surface area (Å²) < 4.78 is 79.0. The van der Waals surface area contributed by atoms with Crippen molar-refractivity contribution >= 4 is 16.0 Å². The molecule has 4 aliphatic rings.